The summed E-state index contributed by atoms with van der Waals surface area (Å²) in [5, 5.41) is 0.595. The summed E-state index contributed by atoms with van der Waals surface area (Å²) in [6, 6.07) is 7.87. The van der Waals surface area contributed by atoms with Gasteiger partial charge in [-0.15, -0.1) is 0 Å². The molecule has 0 saturated heterocycles. The fourth-order valence-corrected chi connectivity index (χ4v) is 1.57. The van der Waals surface area contributed by atoms with Crippen molar-refractivity contribution in [3.63, 3.8) is 0 Å². The number of fused-ring (bicyclic) bond motifs is 1. The van der Waals surface area contributed by atoms with Crippen molar-refractivity contribution in [1.82, 2.24) is 4.98 Å². The lowest BCUT2D eigenvalue weighted by Crippen LogP contribution is -2.26. The number of hydrogen-bond donors (Lipinski definition) is 1. The van der Waals surface area contributed by atoms with Crippen LogP contribution in [0, 0.1) is 0 Å². The second-order valence-corrected chi connectivity index (χ2v) is 5.12. The number of nitrogens with one attached hydrogen (secondary N) is 1. The van der Waals surface area contributed by atoms with Crippen LogP contribution in [0.2, 0.25) is 0 Å². The number of aromatic nitrogens is 1. The highest BCUT2D eigenvalue weighted by Crippen LogP contribution is 2.25. The lowest BCUT2D eigenvalue weighted by molar-refractivity contribution is -0.164. The molecule has 0 unspecified atom stereocenters. The monoisotopic (exact) mass is 309 g/mol. The first-order valence-electron chi connectivity index (χ1n) is 5.00. The van der Waals surface area contributed by atoms with Gasteiger partial charge < -0.3 is 4.98 Å². The zero-order valence-electron chi connectivity index (χ0n) is 9.47. The molecule has 0 radical (unpaired) electrons. The highest BCUT2D eigenvalue weighted by molar-refractivity contribution is 7.87. The van der Waals surface area contributed by atoms with E-state index in [2.05, 4.69) is 14.2 Å². The Hall–Kier alpha value is -2.07. The van der Waals surface area contributed by atoms with Crippen LogP contribution in [-0.4, -0.2) is 24.9 Å². The number of benzene rings is 1. The molecule has 6 nitrogen and oxygen atoms in total. The topological polar surface area (TPSA) is 85.5 Å². The molecular weight excluding hydrogens is 303 g/mol. The summed E-state index contributed by atoms with van der Waals surface area (Å²) in [4.78, 5) is 17.6. The van der Waals surface area contributed by atoms with Gasteiger partial charge in [0.15, 0.2) is 0 Å². The molecule has 1 heterocycles. The van der Waals surface area contributed by atoms with Gasteiger partial charge in [-0.05, 0) is 16.5 Å². The van der Waals surface area contributed by atoms with Gasteiger partial charge in [0, 0.05) is 10.9 Å². The Labute approximate surface area is 110 Å². The number of halogens is 3. The Morgan fingerprint density at radius 2 is 1.85 bits per heavy atom. The van der Waals surface area contributed by atoms with Crippen molar-refractivity contribution in [2.45, 2.75) is 5.51 Å². The second kappa shape index (κ2) is 4.80. The van der Waals surface area contributed by atoms with Crippen LogP contribution in [0.5, 0.6) is 0 Å². The number of alkyl halides is 3. The normalized spacial score (nSPS) is 12.6. The van der Waals surface area contributed by atoms with Crippen LogP contribution in [0.3, 0.4) is 0 Å². The van der Waals surface area contributed by atoms with Crippen molar-refractivity contribution < 1.29 is 35.6 Å². The fourth-order valence-electron chi connectivity index (χ4n) is 1.34. The minimum absolute atomic E-state index is 0.247. The Kier molecular flexibility index (Phi) is 3.44. The zero-order valence-corrected chi connectivity index (χ0v) is 10.3. The minimum Gasteiger partial charge on any atom is -0.349 e. The zero-order chi connectivity index (χ0) is 15.0. The first-order valence-corrected chi connectivity index (χ1v) is 6.41. The van der Waals surface area contributed by atoms with E-state index < -0.39 is 21.6 Å². The molecule has 0 bridgehead atoms. The quantitative estimate of drug-likeness (QED) is 0.533. The van der Waals surface area contributed by atoms with Crippen LogP contribution in [0.15, 0.2) is 30.3 Å². The molecular formula is C10H6F3NO5S. The van der Waals surface area contributed by atoms with Crippen molar-refractivity contribution in [2.24, 2.45) is 0 Å². The van der Waals surface area contributed by atoms with E-state index in [1.165, 1.54) is 6.07 Å². The van der Waals surface area contributed by atoms with E-state index in [-0.39, 0.29) is 5.69 Å². The Balaban J connectivity index is 2.13. The molecule has 0 atom stereocenters. The molecule has 0 aliphatic carbocycles. The van der Waals surface area contributed by atoms with Gasteiger partial charge in [0.2, 0.25) is 0 Å². The molecule has 1 N–H and O–H groups in total. The SMILES string of the molecule is O=C(OOS(=O)(=O)C(F)(F)F)c1cc2ccccc2[nH]1. The molecule has 0 aliphatic rings. The Morgan fingerprint density at radius 1 is 1.20 bits per heavy atom. The van der Waals surface area contributed by atoms with Gasteiger partial charge in [-0.25, -0.2) is 4.79 Å². The first kappa shape index (κ1) is 14.3. The molecule has 10 heteroatoms. The van der Waals surface area contributed by atoms with Gasteiger partial charge in [0.1, 0.15) is 5.69 Å². The van der Waals surface area contributed by atoms with E-state index in [0.717, 1.165) is 0 Å². The molecule has 1 aromatic heterocycles. The Bertz CT molecular complexity index is 717. The largest absolute Gasteiger partial charge is 0.526 e. The summed E-state index contributed by atoms with van der Waals surface area (Å²) in [6.07, 6.45) is 0. The molecule has 20 heavy (non-hydrogen) atoms. The fraction of sp³-hybridized carbons (Fsp3) is 0.100. The molecule has 2 rings (SSSR count). The van der Waals surface area contributed by atoms with Gasteiger partial charge in [-0.3, -0.25) is 4.89 Å². The van der Waals surface area contributed by atoms with E-state index in [4.69, 9.17) is 0 Å². The van der Waals surface area contributed by atoms with Gasteiger partial charge in [-0.2, -0.15) is 21.6 Å². The van der Waals surface area contributed by atoms with E-state index in [1.807, 2.05) is 0 Å². The molecule has 0 spiro atoms. The number of carbonyl (C=O) groups is 1. The van der Waals surface area contributed by atoms with E-state index in [1.54, 1.807) is 24.3 Å². The highest BCUT2D eigenvalue weighted by Gasteiger charge is 2.49. The van der Waals surface area contributed by atoms with E-state index >= 15 is 0 Å². The smallest absolute Gasteiger partial charge is 0.349 e. The molecule has 0 amide bonds. The summed E-state index contributed by atoms with van der Waals surface area (Å²) in [5.41, 5.74) is -5.39. The molecule has 108 valence electrons. The molecule has 1 aromatic carbocycles. The molecule has 0 aliphatic heterocycles. The third kappa shape index (κ3) is 2.75. The first-order chi connectivity index (χ1) is 9.21. The van der Waals surface area contributed by atoms with Crippen molar-refractivity contribution in [2.75, 3.05) is 0 Å². The van der Waals surface area contributed by atoms with Crippen molar-refractivity contribution >= 4 is 27.0 Å². The van der Waals surface area contributed by atoms with Crippen molar-refractivity contribution in [3.05, 3.63) is 36.0 Å². The van der Waals surface area contributed by atoms with Crippen LogP contribution < -0.4 is 0 Å². The van der Waals surface area contributed by atoms with Crippen LogP contribution in [-0.2, 0) is 19.3 Å². The molecule has 0 fully saturated rings. The molecule has 2 aromatic rings. The van der Waals surface area contributed by atoms with Crippen molar-refractivity contribution in [3.8, 4) is 0 Å². The minimum atomic E-state index is -5.99. The predicted molar refractivity (Wildman–Crippen MR) is 59.8 cm³/mol. The van der Waals surface area contributed by atoms with Crippen LogP contribution in [0.25, 0.3) is 10.9 Å². The maximum absolute atomic E-state index is 11.9. The number of H-pyrrole nitrogens is 1. The number of rotatable bonds is 3. The summed E-state index contributed by atoms with van der Waals surface area (Å²) in [7, 11) is -5.99. The summed E-state index contributed by atoms with van der Waals surface area (Å²) < 4.78 is 60.1. The van der Waals surface area contributed by atoms with Crippen LogP contribution in [0.4, 0.5) is 13.2 Å². The van der Waals surface area contributed by atoms with Crippen molar-refractivity contribution in [1.29, 1.82) is 0 Å². The average molecular weight is 309 g/mol. The number of aromatic amines is 1. The third-order valence-corrected chi connectivity index (χ3v) is 3.05. The van der Waals surface area contributed by atoms with Gasteiger partial charge in [-0.1, -0.05) is 18.2 Å². The van der Waals surface area contributed by atoms with E-state index in [9.17, 15) is 26.4 Å². The van der Waals surface area contributed by atoms with Gasteiger partial charge in [0.25, 0.3) is 0 Å². The lowest BCUT2D eigenvalue weighted by atomic mass is 10.2. The van der Waals surface area contributed by atoms with Crippen LogP contribution in [0.1, 0.15) is 10.5 Å². The van der Waals surface area contributed by atoms with Gasteiger partial charge in [0.05, 0.1) is 0 Å². The summed E-state index contributed by atoms with van der Waals surface area (Å²) >= 11 is 0. The molecule has 0 saturated carbocycles. The predicted octanol–water partition coefficient (Wildman–Crippen LogP) is 2.11. The number of carbonyl (C=O) groups excluding carboxylic acids is 1. The lowest BCUT2D eigenvalue weighted by Gasteiger charge is -2.05. The third-order valence-electron chi connectivity index (χ3n) is 2.23. The standard InChI is InChI=1S/C10H6F3NO5S/c11-10(12,13)20(16,17)19-18-9(15)8-5-6-3-1-2-4-7(6)14-8/h1-5,14H. The van der Waals surface area contributed by atoms with Gasteiger partial charge >= 0.3 is 21.6 Å². The summed E-state index contributed by atoms with van der Waals surface area (Å²) in [5.74, 6) is -1.39. The van der Waals surface area contributed by atoms with Crippen LogP contribution >= 0.6 is 0 Å². The summed E-state index contributed by atoms with van der Waals surface area (Å²) in [6.45, 7) is 0. The maximum Gasteiger partial charge on any atom is 0.526 e. The maximum atomic E-state index is 11.9. The van der Waals surface area contributed by atoms with E-state index in [0.29, 0.717) is 10.9 Å². The average Bonchev–Trinajstić information content (AvgIpc) is 2.78. The second-order valence-electron chi connectivity index (χ2n) is 3.61. The number of hydrogen-bond acceptors (Lipinski definition) is 5. The highest BCUT2D eigenvalue weighted by atomic mass is 32.2. The Morgan fingerprint density at radius 3 is 2.45 bits per heavy atom. The number of para-hydroxylation sites is 1.